The highest BCUT2D eigenvalue weighted by molar-refractivity contribution is 6.30. The summed E-state index contributed by atoms with van der Waals surface area (Å²) in [6.45, 7) is 3.98. The number of carbonyl (C=O) groups is 1. The highest BCUT2D eigenvalue weighted by atomic mass is 35.5. The molecule has 0 unspecified atom stereocenters. The van der Waals surface area contributed by atoms with E-state index in [1.807, 2.05) is 26.0 Å². The van der Waals surface area contributed by atoms with E-state index in [1.165, 1.54) is 18.2 Å². The second kappa shape index (κ2) is 6.05. The smallest absolute Gasteiger partial charge is 0.229 e. The van der Waals surface area contributed by atoms with Crippen LogP contribution in [0.4, 0.5) is 10.1 Å². The molecule has 0 aliphatic carbocycles. The maximum atomic E-state index is 13.7. The molecule has 1 N–H and O–H groups in total. The zero-order chi connectivity index (χ0) is 16.6. The van der Waals surface area contributed by atoms with Gasteiger partial charge in [0.15, 0.2) is 0 Å². The van der Waals surface area contributed by atoms with Gasteiger partial charge >= 0.3 is 0 Å². The molecule has 0 spiro atoms. The van der Waals surface area contributed by atoms with Gasteiger partial charge in [-0.25, -0.2) is 4.39 Å². The van der Waals surface area contributed by atoms with Crippen molar-refractivity contribution in [2.75, 3.05) is 5.32 Å². The first-order chi connectivity index (χ1) is 11.0. The molecule has 23 heavy (non-hydrogen) atoms. The van der Waals surface area contributed by atoms with Gasteiger partial charge < -0.3 is 9.73 Å². The molecule has 0 saturated heterocycles. The van der Waals surface area contributed by atoms with Crippen molar-refractivity contribution in [2.45, 2.75) is 20.3 Å². The van der Waals surface area contributed by atoms with E-state index in [4.69, 9.17) is 16.0 Å². The van der Waals surface area contributed by atoms with Crippen LogP contribution >= 0.6 is 11.6 Å². The van der Waals surface area contributed by atoms with E-state index < -0.39 is 5.82 Å². The Kier molecular flexibility index (Phi) is 4.09. The van der Waals surface area contributed by atoms with Crippen molar-refractivity contribution in [1.82, 2.24) is 0 Å². The molecule has 3 aromatic rings. The van der Waals surface area contributed by atoms with Crippen LogP contribution in [0.1, 0.15) is 16.7 Å². The van der Waals surface area contributed by atoms with Gasteiger partial charge in [-0.3, -0.25) is 4.79 Å². The third kappa shape index (κ3) is 3.08. The fourth-order valence-electron chi connectivity index (χ4n) is 2.49. The van der Waals surface area contributed by atoms with Crippen molar-refractivity contribution >= 4 is 34.2 Å². The summed E-state index contributed by atoms with van der Waals surface area (Å²) in [5.41, 5.74) is 3.80. The minimum atomic E-state index is -0.522. The summed E-state index contributed by atoms with van der Waals surface area (Å²) in [7, 11) is 0. The molecule has 0 bridgehead atoms. The molecule has 0 aliphatic rings. The van der Waals surface area contributed by atoms with Crippen LogP contribution in [0.2, 0.25) is 5.02 Å². The van der Waals surface area contributed by atoms with Crippen LogP contribution in [0.25, 0.3) is 11.0 Å². The number of anilines is 1. The number of halogens is 2. The molecule has 0 atom stereocenters. The number of aryl methyl sites for hydroxylation is 2. The van der Waals surface area contributed by atoms with Gasteiger partial charge in [-0.2, -0.15) is 0 Å². The Morgan fingerprint density at radius 2 is 2.04 bits per heavy atom. The van der Waals surface area contributed by atoms with Crippen molar-refractivity contribution in [2.24, 2.45) is 0 Å². The number of hydrogen-bond acceptors (Lipinski definition) is 2. The van der Waals surface area contributed by atoms with E-state index in [-0.39, 0.29) is 18.0 Å². The molecular weight excluding hydrogens is 317 g/mol. The van der Waals surface area contributed by atoms with Crippen molar-refractivity contribution in [1.29, 1.82) is 0 Å². The van der Waals surface area contributed by atoms with Crippen LogP contribution < -0.4 is 5.32 Å². The quantitative estimate of drug-likeness (QED) is 0.732. The third-order valence-electron chi connectivity index (χ3n) is 3.90. The van der Waals surface area contributed by atoms with Gasteiger partial charge in [0.1, 0.15) is 11.4 Å². The maximum Gasteiger partial charge on any atom is 0.229 e. The van der Waals surface area contributed by atoms with Gasteiger partial charge in [-0.05, 0) is 43.2 Å². The SMILES string of the molecule is Cc1ccc2c(CC(=O)Nc3cc(Cl)ccc3F)coc2c1C. The lowest BCUT2D eigenvalue weighted by Crippen LogP contribution is -2.15. The average Bonchev–Trinajstić information content (AvgIpc) is 2.90. The van der Waals surface area contributed by atoms with E-state index in [9.17, 15) is 9.18 Å². The predicted molar refractivity (Wildman–Crippen MR) is 89.4 cm³/mol. The van der Waals surface area contributed by atoms with Crippen LogP contribution in [0, 0.1) is 19.7 Å². The number of carbonyl (C=O) groups excluding carboxylic acids is 1. The molecule has 1 heterocycles. The zero-order valence-corrected chi connectivity index (χ0v) is 13.5. The van der Waals surface area contributed by atoms with Gasteiger partial charge in [0.05, 0.1) is 18.4 Å². The average molecular weight is 332 g/mol. The van der Waals surface area contributed by atoms with Gasteiger partial charge in [-0.15, -0.1) is 0 Å². The fourth-order valence-corrected chi connectivity index (χ4v) is 2.66. The Balaban J connectivity index is 1.83. The lowest BCUT2D eigenvalue weighted by atomic mass is 10.0. The van der Waals surface area contributed by atoms with Crippen LogP contribution in [-0.4, -0.2) is 5.91 Å². The lowest BCUT2D eigenvalue weighted by Gasteiger charge is -2.06. The van der Waals surface area contributed by atoms with E-state index in [0.29, 0.717) is 5.02 Å². The second-order valence-electron chi connectivity index (χ2n) is 5.49. The highest BCUT2D eigenvalue weighted by Gasteiger charge is 2.14. The summed E-state index contributed by atoms with van der Waals surface area (Å²) in [4.78, 5) is 12.2. The Bertz CT molecular complexity index is 901. The highest BCUT2D eigenvalue weighted by Crippen LogP contribution is 2.27. The van der Waals surface area contributed by atoms with Gasteiger partial charge in [0.25, 0.3) is 0 Å². The van der Waals surface area contributed by atoms with E-state index in [2.05, 4.69) is 5.32 Å². The summed E-state index contributed by atoms with van der Waals surface area (Å²) in [5.74, 6) is -0.849. The molecule has 0 fully saturated rings. The third-order valence-corrected chi connectivity index (χ3v) is 4.13. The van der Waals surface area contributed by atoms with Crippen molar-refractivity contribution in [3.63, 3.8) is 0 Å². The molecule has 0 saturated carbocycles. The Morgan fingerprint density at radius 3 is 2.83 bits per heavy atom. The summed E-state index contributed by atoms with van der Waals surface area (Å²) < 4.78 is 19.2. The molecule has 1 amide bonds. The van der Waals surface area contributed by atoms with Crippen molar-refractivity contribution < 1.29 is 13.6 Å². The monoisotopic (exact) mass is 331 g/mol. The van der Waals surface area contributed by atoms with E-state index in [0.717, 1.165) is 27.7 Å². The molecule has 0 radical (unpaired) electrons. The second-order valence-corrected chi connectivity index (χ2v) is 5.93. The van der Waals surface area contributed by atoms with Crippen molar-refractivity contribution in [3.05, 3.63) is 64.1 Å². The Hall–Kier alpha value is -2.33. The largest absolute Gasteiger partial charge is 0.464 e. The molecule has 5 heteroatoms. The number of furan rings is 1. The summed E-state index contributed by atoms with van der Waals surface area (Å²) >= 11 is 5.82. The number of hydrogen-bond donors (Lipinski definition) is 1. The summed E-state index contributed by atoms with van der Waals surface area (Å²) in [5, 5.41) is 3.80. The number of rotatable bonds is 3. The Morgan fingerprint density at radius 1 is 1.26 bits per heavy atom. The minimum Gasteiger partial charge on any atom is -0.464 e. The minimum absolute atomic E-state index is 0.0716. The van der Waals surface area contributed by atoms with E-state index >= 15 is 0 Å². The van der Waals surface area contributed by atoms with Crippen LogP contribution in [-0.2, 0) is 11.2 Å². The van der Waals surface area contributed by atoms with Crippen LogP contribution in [0.15, 0.2) is 41.0 Å². The molecule has 118 valence electrons. The molecular formula is C18H15ClFNO2. The number of fused-ring (bicyclic) bond motifs is 1. The molecule has 3 nitrogen and oxygen atoms in total. The molecule has 0 aliphatic heterocycles. The van der Waals surface area contributed by atoms with Crippen molar-refractivity contribution in [3.8, 4) is 0 Å². The topological polar surface area (TPSA) is 42.2 Å². The van der Waals surface area contributed by atoms with E-state index in [1.54, 1.807) is 6.26 Å². The molecule has 2 aromatic carbocycles. The number of benzene rings is 2. The molecule has 3 rings (SSSR count). The zero-order valence-electron chi connectivity index (χ0n) is 12.7. The first-order valence-corrected chi connectivity index (χ1v) is 7.54. The fraction of sp³-hybridized carbons (Fsp3) is 0.167. The number of nitrogens with one attached hydrogen (secondary N) is 1. The van der Waals surface area contributed by atoms with Gasteiger partial charge in [-0.1, -0.05) is 23.7 Å². The number of amides is 1. The van der Waals surface area contributed by atoms with Crippen LogP contribution in [0.3, 0.4) is 0 Å². The summed E-state index contributed by atoms with van der Waals surface area (Å²) in [6.07, 6.45) is 1.67. The van der Waals surface area contributed by atoms with Gasteiger partial charge in [0.2, 0.25) is 5.91 Å². The maximum absolute atomic E-state index is 13.7. The first-order valence-electron chi connectivity index (χ1n) is 7.17. The molecule has 1 aromatic heterocycles. The Labute approximate surface area is 138 Å². The van der Waals surface area contributed by atoms with Gasteiger partial charge in [0, 0.05) is 16.0 Å². The normalized spacial score (nSPS) is 11.0. The van der Waals surface area contributed by atoms with Crippen LogP contribution in [0.5, 0.6) is 0 Å². The summed E-state index contributed by atoms with van der Waals surface area (Å²) in [6, 6.07) is 7.96. The lowest BCUT2D eigenvalue weighted by molar-refractivity contribution is -0.115. The first kappa shape index (κ1) is 15.6. The standard InChI is InChI=1S/C18H15ClFNO2/c1-10-3-5-14-12(9-23-18(14)11(10)2)7-17(22)21-16-8-13(19)4-6-15(16)20/h3-6,8-9H,7H2,1-2H3,(H,21,22). The predicted octanol–water partition coefficient (Wildman–Crippen LogP) is 5.02.